The molecule has 0 aliphatic rings. The van der Waals surface area contributed by atoms with E-state index >= 15 is 0 Å². The van der Waals surface area contributed by atoms with Crippen LogP contribution >= 0.6 is 0 Å². The summed E-state index contributed by atoms with van der Waals surface area (Å²) in [5.41, 5.74) is 2.04. The highest BCUT2D eigenvalue weighted by atomic mass is 19.1. The number of benzene rings is 2. The SMILES string of the molecule is COC(=O)CN(CCCNC(=O)c1c[nH]c(-c2cc(Oc3cc(C(=O)Nc4cc(C)ccc4F)ccc3F)ccn2)c1)CC(O)OC. The maximum Gasteiger partial charge on any atom is 0.319 e. The average Bonchev–Trinajstić information content (AvgIpc) is 3.56. The largest absolute Gasteiger partial charge is 0.468 e. The van der Waals surface area contributed by atoms with Gasteiger partial charge in [0.1, 0.15) is 11.6 Å². The number of H-pyrrole nitrogens is 1. The van der Waals surface area contributed by atoms with Crippen molar-refractivity contribution in [3.63, 3.8) is 0 Å². The number of esters is 1. The molecule has 2 heterocycles. The Morgan fingerprint density at radius 1 is 1.00 bits per heavy atom. The molecule has 1 atom stereocenters. The van der Waals surface area contributed by atoms with E-state index in [2.05, 4.69) is 25.3 Å². The summed E-state index contributed by atoms with van der Waals surface area (Å²) in [4.78, 5) is 46.1. The molecule has 0 bridgehead atoms. The molecule has 14 heteroatoms. The fourth-order valence-electron chi connectivity index (χ4n) is 4.46. The molecule has 248 valence electrons. The Morgan fingerprint density at radius 2 is 1.79 bits per heavy atom. The van der Waals surface area contributed by atoms with Gasteiger partial charge in [-0.3, -0.25) is 24.3 Å². The molecule has 0 saturated carbocycles. The van der Waals surface area contributed by atoms with Crippen molar-refractivity contribution in [1.29, 1.82) is 0 Å². The molecule has 0 radical (unpaired) electrons. The number of carbonyl (C=O) groups is 3. The minimum Gasteiger partial charge on any atom is -0.468 e. The lowest BCUT2D eigenvalue weighted by Crippen LogP contribution is -2.39. The smallest absolute Gasteiger partial charge is 0.319 e. The van der Waals surface area contributed by atoms with Crippen molar-refractivity contribution in [2.75, 3.05) is 45.7 Å². The first-order valence-corrected chi connectivity index (χ1v) is 14.5. The van der Waals surface area contributed by atoms with E-state index in [1.54, 1.807) is 24.0 Å². The molecule has 2 aromatic carbocycles. The molecule has 4 rings (SSSR count). The van der Waals surface area contributed by atoms with Crippen LogP contribution in [-0.4, -0.2) is 84.4 Å². The second kappa shape index (κ2) is 16.4. The highest BCUT2D eigenvalue weighted by molar-refractivity contribution is 6.04. The maximum atomic E-state index is 14.7. The van der Waals surface area contributed by atoms with Crippen LogP contribution in [0.3, 0.4) is 0 Å². The molecule has 0 fully saturated rings. The molecule has 4 aromatic rings. The van der Waals surface area contributed by atoms with Gasteiger partial charge in [-0.05, 0) is 61.4 Å². The van der Waals surface area contributed by atoms with Gasteiger partial charge in [0.2, 0.25) is 0 Å². The van der Waals surface area contributed by atoms with Crippen LogP contribution in [0.4, 0.5) is 14.5 Å². The predicted octanol–water partition coefficient (Wildman–Crippen LogP) is 4.27. The Kier molecular flexibility index (Phi) is 12.1. The standard InChI is InChI=1S/C33H35F2N5O7/c1-20-5-7-24(34)26(13-20)39-33(44)21-6-8-25(35)29(15-21)47-23-9-11-36-28(16-23)27-14-22(17-38-27)32(43)37-10-4-12-40(18-30(41)45-2)19-31(42)46-3/h5-9,11,13-17,30,38,41H,4,10,12,18-19H2,1-3H3,(H,37,43)(H,39,44). The summed E-state index contributed by atoms with van der Waals surface area (Å²) in [6.07, 6.45) is 2.37. The lowest BCUT2D eigenvalue weighted by atomic mass is 10.1. The van der Waals surface area contributed by atoms with Gasteiger partial charge in [-0.25, -0.2) is 8.78 Å². The average molecular weight is 652 g/mol. The molecule has 47 heavy (non-hydrogen) atoms. The summed E-state index contributed by atoms with van der Waals surface area (Å²) in [5.74, 6) is -2.79. The number of aliphatic hydroxyl groups is 1. The van der Waals surface area contributed by atoms with E-state index in [-0.39, 0.29) is 41.7 Å². The zero-order valence-electron chi connectivity index (χ0n) is 26.0. The topological polar surface area (TPSA) is 155 Å². The maximum absolute atomic E-state index is 14.7. The number of nitrogens with zero attached hydrogens (tertiary/aromatic N) is 2. The van der Waals surface area contributed by atoms with Crippen LogP contribution in [0.1, 0.15) is 32.7 Å². The molecule has 12 nitrogen and oxygen atoms in total. The van der Waals surface area contributed by atoms with Crippen LogP contribution in [0, 0.1) is 18.6 Å². The van der Waals surface area contributed by atoms with Gasteiger partial charge in [-0.15, -0.1) is 0 Å². The van der Waals surface area contributed by atoms with Crippen molar-refractivity contribution in [2.45, 2.75) is 19.6 Å². The number of aliphatic hydroxyl groups excluding tert-OH is 1. The number of nitrogens with one attached hydrogen (secondary N) is 3. The van der Waals surface area contributed by atoms with Crippen LogP contribution in [0.15, 0.2) is 67.0 Å². The first-order chi connectivity index (χ1) is 22.6. The molecule has 2 aromatic heterocycles. The van der Waals surface area contributed by atoms with E-state index in [0.29, 0.717) is 36.5 Å². The quantitative estimate of drug-likeness (QED) is 0.0838. The number of carbonyl (C=O) groups excluding carboxylic acids is 3. The van der Waals surface area contributed by atoms with Crippen molar-refractivity contribution in [2.24, 2.45) is 0 Å². The molecule has 0 aliphatic carbocycles. The van der Waals surface area contributed by atoms with Gasteiger partial charge >= 0.3 is 5.97 Å². The highest BCUT2D eigenvalue weighted by Gasteiger charge is 2.17. The summed E-state index contributed by atoms with van der Waals surface area (Å²) < 4.78 is 44.1. The second-order valence-electron chi connectivity index (χ2n) is 10.5. The van der Waals surface area contributed by atoms with Crippen LogP contribution in [0.2, 0.25) is 0 Å². The monoisotopic (exact) mass is 651 g/mol. The van der Waals surface area contributed by atoms with E-state index in [0.717, 1.165) is 11.6 Å². The van der Waals surface area contributed by atoms with Crippen molar-refractivity contribution in [3.05, 3.63) is 95.3 Å². The molecule has 2 amide bonds. The van der Waals surface area contributed by atoms with Crippen LogP contribution in [-0.2, 0) is 14.3 Å². The molecule has 0 aliphatic heterocycles. The third kappa shape index (κ3) is 9.90. The Balaban J connectivity index is 1.36. The molecule has 0 saturated heterocycles. The van der Waals surface area contributed by atoms with Gasteiger partial charge in [-0.1, -0.05) is 6.07 Å². The van der Waals surface area contributed by atoms with Gasteiger partial charge < -0.3 is 34.9 Å². The van der Waals surface area contributed by atoms with Gasteiger partial charge in [0.25, 0.3) is 11.8 Å². The number of aromatic nitrogens is 2. The summed E-state index contributed by atoms with van der Waals surface area (Å²) in [7, 11) is 2.63. The van der Waals surface area contributed by atoms with Gasteiger partial charge in [0, 0.05) is 50.8 Å². The first kappa shape index (κ1) is 34.7. The van der Waals surface area contributed by atoms with E-state index in [1.807, 2.05) is 0 Å². The number of hydrogen-bond acceptors (Lipinski definition) is 9. The minimum absolute atomic E-state index is 0.000495. The minimum atomic E-state index is -1.07. The molecule has 4 N–H and O–H groups in total. The zero-order valence-corrected chi connectivity index (χ0v) is 26.0. The van der Waals surface area contributed by atoms with Crippen LogP contribution in [0.5, 0.6) is 11.5 Å². The molecule has 0 spiro atoms. The van der Waals surface area contributed by atoms with Gasteiger partial charge in [-0.2, -0.15) is 0 Å². The Morgan fingerprint density at radius 3 is 2.55 bits per heavy atom. The third-order valence-corrected chi connectivity index (χ3v) is 6.95. The number of aryl methyl sites for hydroxylation is 1. The van der Waals surface area contributed by atoms with E-state index in [4.69, 9.17) is 9.47 Å². The number of halogens is 2. The second-order valence-corrected chi connectivity index (χ2v) is 10.5. The number of methoxy groups -OCH3 is 2. The van der Waals surface area contributed by atoms with Crippen molar-refractivity contribution >= 4 is 23.5 Å². The van der Waals surface area contributed by atoms with E-state index < -0.39 is 29.8 Å². The summed E-state index contributed by atoms with van der Waals surface area (Å²) in [6, 6.07) is 12.5. The fraction of sp³-hybridized carbons (Fsp3) is 0.273. The van der Waals surface area contributed by atoms with Gasteiger partial charge in [0.05, 0.1) is 36.3 Å². The fourth-order valence-corrected chi connectivity index (χ4v) is 4.46. The van der Waals surface area contributed by atoms with E-state index in [9.17, 15) is 28.3 Å². The van der Waals surface area contributed by atoms with Crippen LogP contribution in [0.25, 0.3) is 11.4 Å². The third-order valence-electron chi connectivity index (χ3n) is 6.95. The van der Waals surface area contributed by atoms with Gasteiger partial charge in [0.15, 0.2) is 17.9 Å². The number of hydrogen-bond donors (Lipinski definition) is 4. The highest BCUT2D eigenvalue weighted by Crippen LogP contribution is 2.29. The Hall–Kier alpha value is -5.18. The Labute approximate surface area is 269 Å². The summed E-state index contributed by atoms with van der Waals surface area (Å²) in [6.45, 7) is 2.51. The number of aromatic amines is 1. The molecular weight excluding hydrogens is 616 g/mol. The number of rotatable bonds is 15. The number of anilines is 1. The van der Waals surface area contributed by atoms with E-state index in [1.165, 1.54) is 63.0 Å². The number of pyridine rings is 1. The lowest BCUT2D eigenvalue weighted by molar-refractivity contribution is -0.144. The van der Waals surface area contributed by atoms with Crippen molar-refractivity contribution in [1.82, 2.24) is 20.2 Å². The van der Waals surface area contributed by atoms with Crippen LogP contribution < -0.4 is 15.4 Å². The Bertz CT molecular complexity index is 1710. The molecule has 1 unspecified atom stereocenters. The lowest BCUT2D eigenvalue weighted by Gasteiger charge is -2.23. The number of amides is 2. The normalized spacial score (nSPS) is 11.6. The molecular formula is C33H35F2N5O7. The predicted molar refractivity (Wildman–Crippen MR) is 168 cm³/mol. The first-order valence-electron chi connectivity index (χ1n) is 14.5. The summed E-state index contributed by atoms with van der Waals surface area (Å²) in [5, 5.41) is 15.0. The van der Waals surface area contributed by atoms with Crippen molar-refractivity contribution < 1.29 is 42.5 Å². The number of ether oxygens (including phenoxy) is 3. The zero-order chi connectivity index (χ0) is 33.9. The summed E-state index contributed by atoms with van der Waals surface area (Å²) >= 11 is 0. The van der Waals surface area contributed by atoms with Crippen molar-refractivity contribution in [3.8, 4) is 22.9 Å².